The highest BCUT2D eigenvalue weighted by Crippen LogP contribution is 2.20. The van der Waals surface area contributed by atoms with Gasteiger partial charge < -0.3 is 9.47 Å². The van der Waals surface area contributed by atoms with Crippen molar-refractivity contribution in [2.75, 3.05) is 6.61 Å². The van der Waals surface area contributed by atoms with Gasteiger partial charge in [0.2, 0.25) is 0 Å². The van der Waals surface area contributed by atoms with E-state index in [0.717, 1.165) is 25.7 Å². The number of rotatable bonds is 12. The second kappa shape index (κ2) is 10.5. The monoisotopic (exact) mass is 310 g/mol. The zero-order valence-electron chi connectivity index (χ0n) is 14.3. The van der Waals surface area contributed by atoms with Crippen LogP contribution in [0.5, 0.6) is 0 Å². The number of hydrogen-bond donors (Lipinski definition) is 0. The summed E-state index contributed by atoms with van der Waals surface area (Å²) < 4.78 is 10.5. The lowest BCUT2D eigenvalue weighted by Crippen LogP contribution is -2.17. The molecule has 1 heterocycles. The Morgan fingerprint density at radius 2 is 1.50 bits per heavy atom. The SMILES string of the molecule is CCCCCCC(CCCCC)OCC1=C(C)C(=O)OC1=O. The summed E-state index contributed by atoms with van der Waals surface area (Å²) in [4.78, 5) is 22.9. The standard InChI is InChI=1S/C18H30O4/c1-4-6-8-10-12-15(11-9-7-5-2)21-13-16-14(3)17(19)22-18(16)20/h15H,4-13H2,1-3H3. The summed E-state index contributed by atoms with van der Waals surface area (Å²) >= 11 is 0. The summed E-state index contributed by atoms with van der Waals surface area (Å²) in [6, 6.07) is 0. The van der Waals surface area contributed by atoms with Gasteiger partial charge >= 0.3 is 11.9 Å². The van der Waals surface area contributed by atoms with Crippen LogP contribution in [0.25, 0.3) is 0 Å². The molecule has 0 aromatic heterocycles. The Kier molecular flexibility index (Phi) is 9.05. The molecule has 0 bridgehead atoms. The Hall–Kier alpha value is -1.16. The third-order valence-corrected chi connectivity index (χ3v) is 4.16. The number of hydrogen-bond acceptors (Lipinski definition) is 4. The van der Waals surface area contributed by atoms with Crippen molar-refractivity contribution in [3.05, 3.63) is 11.1 Å². The van der Waals surface area contributed by atoms with Crippen LogP contribution in [-0.4, -0.2) is 24.6 Å². The first-order valence-electron chi connectivity index (χ1n) is 8.68. The molecule has 0 N–H and O–H groups in total. The van der Waals surface area contributed by atoms with Crippen molar-refractivity contribution in [1.29, 1.82) is 0 Å². The van der Waals surface area contributed by atoms with E-state index in [1.54, 1.807) is 6.92 Å². The molecule has 0 aromatic carbocycles. The highest BCUT2D eigenvalue weighted by atomic mass is 16.6. The predicted molar refractivity (Wildman–Crippen MR) is 86.4 cm³/mol. The molecule has 1 atom stereocenters. The quantitative estimate of drug-likeness (QED) is 0.306. The van der Waals surface area contributed by atoms with Crippen molar-refractivity contribution in [1.82, 2.24) is 0 Å². The topological polar surface area (TPSA) is 52.6 Å². The van der Waals surface area contributed by atoms with E-state index in [0.29, 0.717) is 11.1 Å². The van der Waals surface area contributed by atoms with Crippen LogP contribution >= 0.6 is 0 Å². The number of cyclic esters (lactones) is 2. The van der Waals surface area contributed by atoms with Crippen molar-refractivity contribution in [3.63, 3.8) is 0 Å². The van der Waals surface area contributed by atoms with Crippen LogP contribution in [0, 0.1) is 0 Å². The molecular formula is C18H30O4. The van der Waals surface area contributed by atoms with Crippen LogP contribution in [0.3, 0.4) is 0 Å². The lowest BCUT2D eigenvalue weighted by atomic mass is 10.0. The van der Waals surface area contributed by atoms with E-state index >= 15 is 0 Å². The van der Waals surface area contributed by atoms with Gasteiger partial charge in [-0.1, -0.05) is 58.8 Å². The minimum absolute atomic E-state index is 0.173. The molecular weight excluding hydrogens is 280 g/mol. The molecule has 1 aliphatic heterocycles. The van der Waals surface area contributed by atoms with Crippen LogP contribution < -0.4 is 0 Å². The summed E-state index contributed by atoms with van der Waals surface area (Å²) in [7, 11) is 0. The van der Waals surface area contributed by atoms with Gasteiger partial charge in [0.25, 0.3) is 0 Å². The van der Waals surface area contributed by atoms with E-state index in [9.17, 15) is 9.59 Å². The van der Waals surface area contributed by atoms with E-state index in [2.05, 4.69) is 18.6 Å². The van der Waals surface area contributed by atoms with E-state index in [4.69, 9.17) is 4.74 Å². The van der Waals surface area contributed by atoms with E-state index in [1.807, 2.05) is 0 Å². The Balaban J connectivity index is 2.45. The molecule has 1 rings (SSSR count). The zero-order valence-corrected chi connectivity index (χ0v) is 14.3. The van der Waals surface area contributed by atoms with Gasteiger partial charge in [-0.2, -0.15) is 0 Å². The zero-order chi connectivity index (χ0) is 16.4. The van der Waals surface area contributed by atoms with Gasteiger partial charge in [0.15, 0.2) is 0 Å². The smallest absolute Gasteiger partial charge is 0.344 e. The number of esters is 2. The van der Waals surface area contributed by atoms with Gasteiger partial charge in [-0.3, -0.25) is 0 Å². The summed E-state index contributed by atoms with van der Waals surface area (Å²) in [6.45, 7) is 6.21. The lowest BCUT2D eigenvalue weighted by molar-refractivity contribution is -0.151. The first kappa shape index (κ1) is 18.9. The molecule has 0 saturated carbocycles. The average Bonchev–Trinajstić information content (AvgIpc) is 2.74. The third-order valence-electron chi connectivity index (χ3n) is 4.16. The molecule has 0 aromatic rings. The van der Waals surface area contributed by atoms with Crippen LogP contribution in [-0.2, 0) is 19.1 Å². The van der Waals surface area contributed by atoms with Crippen molar-refractivity contribution < 1.29 is 19.1 Å². The van der Waals surface area contributed by atoms with Gasteiger partial charge in [0.05, 0.1) is 18.3 Å². The van der Waals surface area contributed by atoms with Crippen molar-refractivity contribution in [2.45, 2.75) is 84.7 Å². The molecule has 22 heavy (non-hydrogen) atoms. The number of carbonyl (C=O) groups excluding carboxylic acids is 2. The summed E-state index contributed by atoms with van der Waals surface area (Å²) in [5.74, 6) is -1.07. The molecule has 126 valence electrons. The molecule has 0 aliphatic carbocycles. The van der Waals surface area contributed by atoms with Crippen molar-refractivity contribution in [3.8, 4) is 0 Å². The molecule has 0 spiro atoms. The van der Waals surface area contributed by atoms with Crippen LogP contribution in [0.2, 0.25) is 0 Å². The minimum atomic E-state index is -0.541. The van der Waals surface area contributed by atoms with Crippen molar-refractivity contribution >= 4 is 11.9 Å². The van der Waals surface area contributed by atoms with E-state index in [-0.39, 0.29) is 12.7 Å². The van der Waals surface area contributed by atoms with Gasteiger partial charge in [0, 0.05) is 5.57 Å². The first-order valence-corrected chi connectivity index (χ1v) is 8.68. The molecule has 0 fully saturated rings. The number of unbranched alkanes of at least 4 members (excludes halogenated alkanes) is 5. The van der Waals surface area contributed by atoms with Gasteiger partial charge in [-0.15, -0.1) is 0 Å². The molecule has 0 amide bonds. The van der Waals surface area contributed by atoms with Gasteiger partial charge in [-0.25, -0.2) is 9.59 Å². The normalized spacial score (nSPS) is 16.3. The van der Waals surface area contributed by atoms with Gasteiger partial charge in [-0.05, 0) is 19.8 Å². The van der Waals surface area contributed by atoms with Crippen LogP contribution in [0.15, 0.2) is 11.1 Å². The Bertz CT molecular complexity index is 398. The average molecular weight is 310 g/mol. The fraction of sp³-hybridized carbons (Fsp3) is 0.778. The third kappa shape index (κ3) is 6.30. The highest BCUT2D eigenvalue weighted by Gasteiger charge is 2.30. The molecule has 1 aliphatic rings. The van der Waals surface area contributed by atoms with Gasteiger partial charge in [0.1, 0.15) is 0 Å². The largest absolute Gasteiger partial charge is 0.386 e. The maximum absolute atomic E-state index is 11.6. The van der Waals surface area contributed by atoms with Crippen LogP contribution in [0.1, 0.15) is 78.6 Å². The molecule has 0 saturated heterocycles. The summed E-state index contributed by atoms with van der Waals surface area (Å²) in [5, 5.41) is 0. The molecule has 1 unspecified atom stereocenters. The fourth-order valence-electron chi connectivity index (χ4n) is 2.60. The minimum Gasteiger partial charge on any atom is -0.386 e. The second-order valence-corrected chi connectivity index (χ2v) is 6.06. The Morgan fingerprint density at radius 1 is 0.909 bits per heavy atom. The van der Waals surface area contributed by atoms with Crippen molar-refractivity contribution in [2.24, 2.45) is 0 Å². The summed E-state index contributed by atoms with van der Waals surface area (Å²) in [5.41, 5.74) is 0.780. The highest BCUT2D eigenvalue weighted by molar-refractivity contribution is 6.12. The Labute approximate surface area is 134 Å². The molecule has 4 nitrogen and oxygen atoms in total. The summed E-state index contributed by atoms with van der Waals surface area (Å²) in [6.07, 6.45) is 10.6. The van der Waals surface area contributed by atoms with E-state index < -0.39 is 11.9 Å². The van der Waals surface area contributed by atoms with E-state index in [1.165, 1.54) is 32.1 Å². The molecule has 4 heteroatoms. The lowest BCUT2D eigenvalue weighted by Gasteiger charge is -2.18. The molecule has 0 radical (unpaired) electrons. The second-order valence-electron chi connectivity index (χ2n) is 6.06. The fourth-order valence-corrected chi connectivity index (χ4v) is 2.60. The first-order chi connectivity index (χ1) is 10.6. The Morgan fingerprint density at radius 3 is 2.05 bits per heavy atom. The van der Waals surface area contributed by atoms with Crippen LogP contribution in [0.4, 0.5) is 0 Å². The number of ether oxygens (including phenoxy) is 2. The number of carbonyl (C=O) groups is 2. The maximum Gasteiger partial charge on any atom is 0.344 e. The maximum atomic E-state index is 11.6. The predicted octanol–water partition coefficient (Wildman–Crippen LogP) is 4.32.